The molecule has 0 atom stereocenters. The van der Waals surface area contributed by atoms with Gasteiger partial charge in [0.2, 0.25) is 0 Å². The van der Waals surface area contributed by atoms with Gasteiger partial charge in [-0.3, -0.25) is 0 Å². The van der Waals surface area contributed by atoms with E-state index in [1.54, 1.807) is 6.20 Å². The number of nitrogens with zero attached hydrogens (tertiary/aromatic N) is 1. The first kappa shape index (κ1) is 14.5. The number of hydrogen-bond acceptors (Lipinski definition) is 3. The third-order valence-electron chi connectivity index (χ3n) is 2.52. The van der Waals surface area contributed by atoms with Crippen molar-refractivity contribution in [3.63, 3.8) is 0 Å². The van der Waals surface area contributed by atoms with E-state index < -0.39 is 0 Å². The summed E-state index contributed by atoms with van der Waals surface area (Å²) < 4.78 is 1.02. The molecular weight excluding hydrogens is 278 g/mol. The van der Waals surface area contributed by atoms with E-state index in [0.29, 0.717) is 0 Å². The summed E-state index contributed by atoms with van der Waals surface area (Å²) >= 11 is 3.34. The van der Waals surface area contributed by atoms with Crippen molar-refractivity contribution in [2.45, 2.75) is 32.6 Å². The molecule has 0 spiro atoms. The number of aromatic nitrogens is 1. The average Bonchev–Trinajstić information content (AvgIpc) is 2.91. The Kier molecular flexibility index (Phi) is 8.01. The van der Waals surface area contributed by atoms with Crippen LogP contribution in [0.15, 0.2) is 22.8 Å². The molecule has 2 heterocycles. The van der Waals surface area contributed by atoms with Crippen LogP contribution in [-0.4, -0.2) is 24.6 Å². The largest absolute Gasteiger partial charge is 0.370 e. The highest BCUT2D eigenvalue weighted by Gasteiger charge is 1.93. The van der Waals surface area contributed by atoms with E-state index in [4.69, 9.17) is 0 Å². The predicted molar refractivity (Wildman–Crippen MR) is 77.4 cm³/mol. The van der Waals surface area contributed by atoms with Crippen molar-refractivity contribution in [3.05, 3.63) is 22.8 Å². The monoisotopic (exact) mass is 299 g/mol. The maximum Gasteiger partial charge on any atom is 0.125 e. The molecular formula is C13H22BrN3. The highest BCUT2D eigenvalue weighted by molar-refractivity contribution is 9.10. The fourth-order valence-electron chi connectivity index (χ4n) is 1.50. The Morgan fingerprint density at radius 2 is 2.12 bits per heavy atom. The van der Waals surface area contributed by atoms with Crippen LogP contribution in [0.3, 0.4) is 0 Å². The molecule has 1 saturated heterocycles. The highest BCUT2D eigenvalue weighted by Crippen LogP contribution is 2.10. The van der Waals surface area contributed by atoms with Gasteiger partial charge < -0.3 is 10.6 Å². The van der Waals surface area contributed by atoms with E-state index >= 15 is 0 Å². The number of rotatable bonds is 4. The molecule has 1 aliphatic rings. The molecule has 1 fully saturated rings. The molecule has 0 aliphatic carbocycles. The minimum Gasteiger partial charge on any atom is -0.370 e. The number of halogens is 1. The molecule has 3 nitrogen and oxygen atoms in total. The minimum absolute atomic E-state index is 0.951. The number of hydrogen-bond donors (Lipinski definition) is 2. The molecule has 0 saturated carbocycles. The van der Waals surface area contributed by atoms with Gasteiger partial charge in [0.05, 0.1) is 0 Å². The van der Waals surface area contributed by atoms with Crippen molar-refractivity contribution in [1.82, 2.24) is 10.3 Å². The first-order valence-electron chi connectivity index (χ1n) is 6.39. The second kappa shape index (κ2) is 9.42. The van der Waals surface area contributed by atoms with Crippen LogP contribution >= 0.6 is 15.9 Å². The summed E-state index contributed by atoms with van der Waals surface area (Å²) in [4.78, 5) is 4.19. The normalized spacial score (nSPS) is 14.0. The van der Waals surface area contributed by atoms with Gasteiger partial charge >= 0.3 is 0 Å². The van der Waals surface area contributed by atoms with Gasteiger partial charge in [0.1, 0.15) is 5.82 Å². The SMILES string of the molecule is C1CCNC1.CCCCNc1ccc(Br)cn1. The summed E-state index contributed by atoms with van der Waals surface area (Å²) in [6.07, 6.45) is 6.98. The lowest BCUT2D eigenvalue weighted by atomic mass is 10.3. The van der Waals surface area contributed by atoms with Crippen LogP contribution in [0, 0.1) is 0 Å². The van der Waals surface area contributed by atoms with Crippen LogP contribution in [0.25, 0.3) is 0 Å². The van der Waals surface area contributed by atoms with E-state index in [9.17, 15) is 0 Å². The number of anilines is 1. The Balaban J connectivity index is 0.000000239. The zero-order valence-electron chi connectivity index (χ0n) is 10.5. The van der Waals surface area contributed by atoms with E-state index in [2.05, 4.69) is 38.5 Å². The highest BCUT2D eigenvalue weighted by atomic mass is 79.9. The zero-order valence-corrected chi connectivity index (χ0v) is 12.1. The summed E-state index contributed by atoms with van der Waals surface area (Å²) in [6.45, 7) is 5.68. The van der Waals surface area contributed by atoms with Crippen molar-refractivity contribution in [2.24, 2.45) is 0 Å². The standard InChI is InChI=1S/C9H13BrN2.C4H9N/c1-2-3-6-11-9-5-4-8(10)7-12-9;1-2-4-5-3-1/h4-5,7H,2-3,6H2,1H3,(H,11,12);5H,1-4H2. The van der Waals surface area contributed by atoms with E-state index in [0.717, 1.165) is 16.8 Å². The summed E-state index contributed by atoms with van der Waals surface area (Å²) in [5.74, 6) is 0.951. The minimum atomic E-state index is 0.951. The fourth-order valence-corrected chi connectivity index (χ4v) is 1.73. The Labute approximate surface area is 113 Å². The third kappa shape index (κ3) is 7.34. The molecule has 1 aliphatic heterocycles. The second-order valence-electron chi connectivity index (χ2n) is 4.10. The lowest BCUT2D eigenvalue weighted by Crippen LogP contribution is -2.03. The quantitative estimate of drug-likeness (QED) is 0.837. The first-order valence-corrected chi connectivity index (χ1v) is 7.18. The molecule has 0 radical (unpaired) electrons. The van der Waals surface area contributed by atoms with E-state index in [1.807, 2.05) is 12.1 Å². The smallest absolute Gasteiger partial charge is 0.125 e. The molecule has 1 aromatic rings. The van der Waals surface area contributed by atoms with Crippen LogP contribution in [-0.2, 0) is 0 Å². The zero-order chi connectivity index (χ0) is 12.3. The molecule has 17 heavy (non-hydrogen) atoms. The lowest BCUT2D eigenvalue weighted by Gasteiger charge is -2.03. The van der Waals surface area contributed by atoms with Gasteiger partial charge in [0.15, 0.2) is 0 Å². The van der Waals surface area contributed by atoms with Gasteiger partial charge in [-0.1, -0.05) is 13.3 Å². The van der Waals surface area contributed by atoms with Crippen LogP contribution in [0.5, 0.6) is 0 Å². The lowest BCUT2D eigenvalue weighted by molar-refractivity contribution is 0.831. The molecule has 0 unspecified atom stereocenters. The van der Waals surface area contributed by atoms with Gasteiger partial charge in [-0.25, -0.2) is 4.98 Å². The third-order valence-corrected chi connectivity index (χ3v) is 2.99. The van der Waals surface area contributed by atoms with E-state index in [1.165, 1.54) is 38.8 Å². The Morgan fingerprint density at radius 1 is 1.35 bits per heavy atom. The summed E-state index contributed by atoms with van der Waals surface area (Å²) in [6, 6.07) is 3.96. The topological polar surface area (TPSA) is 37.0 Å². The summed E-state index contributed by atoms with van der Waals surface area (Å²) in [7, 11) is 0. The number of nitrogens with one attached hydrogen (secondary N) is 2. The van der Waals surface area contributed by atoms with E-state index in [-0.39, 0.29) is 0 Å². The van der Waals surface area contributed by atoms with Crippen LogP contribution in [0.2, 0.25) is 0 Å². The van der Waals surface area contributed by atoms with Gasteiger partial charge in [0, 0.05) is 17.2 Å². The van der Waals surface area contributed by atoms with Crippen molar-refractivity contribution >= 4 is 21.7 Å². The van der Waals surface area contributed by atoms with Crippen molar-refractivity contribution in [2.75, 3.05) is 25.0 Å². The molecule has 96 valence electrons. The fraction of sp³-hybridized carbons (Fsp3) is 0.615. The molecule has 0 amide bonds. The average molecular weight is 300 g/mol. The van der Waals surface area contributed by atoms with Crippen LogP contribution in [0.1, 0.15) is 32.6 Å². The Morgan fingerprint density at radius 3 is 2.59 bits per heavy atom. The van der Waals surface area contributed by atoms with Crippen molar-refractivity contribution in [3.8, 4) is 0 Å². The van der Waals surface area contributed by atoms with Gasteiger partial charge in [-0.2, -0.15) is 0 Å². The van der Waals surface area contributed by atoms with Crippen molar-refractivity contribution in [1.29, 1.82) is 0 Å². The summed E-state index contributed by atoms with van der Waals surface area (Å²) in [5, 5.41) is 6.46. The number of unbranched alkanes of at least 4 members (excludes halogenated alkanes) is 1. The molecule has 0 bridgehead atoms. The van der Waals surface area contributed by atoms with Gasteiger partial charge in [-0.05, 0) is 60.4 Å². The number of pyridine rings is 1. The predicted octanol–water partition coefficient (Wildman–Crippen LogP) is 3.43. The Bertz CT molecular complexity index is 276. The maximum atomic E-state index is 4.19. The molecule has 1 aromatic heterocycles. The van der Waals surface area contributed by atoms with Crippen molar-refractivity contribution < 1.29 is 0 Å². The first-order chi connectivity index (χ1) is 8.33. The molecule has 4 heteroatoms. The molecule has 0 aromatic carbocycles. The molecule has 2 N–H and O–H groups in total. The van der Waals surface area contributed by atoms with Crippen LogP contribution < -0.4 is 10.6 Å². The summed E-state index contributed by atoms with van der Waals surface area (Å²) in [5.41, 5.74) is 0. The Hall–Kier alpha value is -0.610. The van der Waals surface area contributed by atoms with Crippen LogP contribution in [0.4, 0.5) is 5.82 Å². The maximum absolute atomic E-state index is 4.19. The van der Waals surface area contributed by atoms with Gasteiger partial charge in [0.25, 0.3) is 0 Å². The molecule has 2 rings (SSSR count). The second-order valence-corrected chi connectivity index (χ2v) is 5.01. The van der Waals surface area contributed by atoms with Gasteiger partial charge in [-0.15, -0.1) is 0 Å².